The molecule has 176 valence electrons. The number of aromatic nitrogens is 2. The summed E-state index contributed by atoms with van der Waals surface area (Å²) in [6, 6.07) is 5.54. The molecule has 33 heavy (non-hydrogen) atoms. The van der Waals surface area contributed by atoms with Crippen LogP contribution in [0.3, 0.4) is 0 Å². The smallest absolute Gasteiger partial charge is 0.407 e. The first kappa shape index (κ1) is 23.0. The SMILES string of the molecule is CC(=O)N1c2ccc(-c3cnc(N4CCNCC4)cn3)cc2C(NC(=O)OC(C)C)CC1C. The van der Waals surface area contributed by atoms with Crippen molar-refractivity contribution < 1.29 is 14.3 Å². The van der Waals surface area contributed by atoms with Crippen LogP contribution in [-0.4, -0.2) is 60.3 Å². The lowest BCUT2D eigenvalue weighted by Crippen LogP contribution is -2.45. The predicted molar refractivity (Wildman–Crippen MR) is 127 cm³/mol. The molecule has 2 unspecified atom stereocenters. The normalized spacial score (nSPS) is 20.4. The fourth-order valence-corrected chi connectivity index (χ4v) is 4.56. The summed E-state index contributed by atoms with van der Waals surface area (Å²) in [5, 5.41) is 6.32. The molecule has 0 saturated carbocycles. The minimum absolute atomic E-state index is 0.0279. The van der Waals surface area contributed by atoms with Crippen LogP contribution in [0.15, 0.2) is 30.6 Å². The summed E-state index contributed by atoms with van der Waals surface area (Å²) < 4.78 is 5.30. The van der Waals surface area contributed by atoms with E-state index in [1.807, 2.05) is 39.0 Å². The van der Waals surface area contributed by atoms with Crippen molar-refractivity contribution in [3.05, 3.63) is 36.2 Å². The second kappa shape index (κ2) is 9.74. The number of hydrogen-bond acceptors (Lipinski definition) is 7. The average Bonchev–Trinajstić information content (AvgIpc) is 2.79. The molecule has 1 saturated heterocycles. The maximum Gasteiger partial charge on any atom is 0.407 e. The summed E-state index contributed by atoms with van der Waals surface area (Å²) in [5.74, 6) is 0.839. The topological polar surface area (TPSA) is 99.7 Å². The van der Waals surface area contributed by atoms with E-state index < -0.39 is 6.09 Å². The van der Waals surface area contributed by atoms with Crippen LogP contribution in [-0.2, 0) is 9.53 Å². The molecule has 0 bridgehead atoms. The maximum atomic E-state index is 12.4. The van der Waals surface area contributed by atoms with Crippen LogP contribution < -0.4 is 20.4 Å². The Morgan fingerprint density at radius 2 is 1.94 bits per heavy atom. The summed E-state index contributed by atoms with van der Waals surface area (Å²) >= 11 is 0. The Bertz CT molecular complexity index is 1000. The Hall–Kier alpha value is -3.20. The van der Waals surface area contributed by atoms with Crippen molar-refractivity contribution in [3.63, 3.8) is 0 Å². The highest BCUT2D eigenvalue weighted by Crippen LogP contribution is 2.39. The number of piperazine rings is 1. The fraction of sp³-hybridized carbons (Fsp3) is 0.500. The summed E-state index contributed by atoms with van der Waals surface area (Å²) in [6.45, 7) is 10.9. The number of benzene rings is 1. The molecule has 1 fully saturated rings. The number of anilines is 2. The van der Waals surface area contributed by atoms with Crippen LogP contribution in [0.25, 0.3) is 11.3 Å². The molecule has 2 amide bonds. The van der Waals surface area contributed by atoms with Gasteiger partial charge in [-0.15, -0.1) is 0 Å². The zero-order valence-electron chi connectivity index (χ0n) is 19.7. The van der Waals surface area contributed by atoms with E-state index in [0.29, 0.717) is 6.42 Å². The van der Waals surface area contributed by atoms with E-state index in [4.69, 9.17) is 4.74 Å². The highest BCUT2D eigenvalue weighted by atomic mass is 16.6. The number of nitrogens with zero attached hydrogens (tertiary/aromatic N) is 4. The molecule has 0 spiro atoms. The van der Waals surface area contributed by atoms with E-state index >= 15 is 0 Å². The molecule has 4 rings (SSSR count). The van der Waals surface area contributed by atoms with Crippen molar-refractivity contribution in [1.29, 1.82) is 0 Å². The minimum Gasteiger partial charge on any atom is -0.447 e. The maximum absolute atomic E-state index is 12.4. The lowest BCUT2D eigenvalue weighted by molar-refractivity contribution is -0.117. The third-order valence-electron chi connectivity index (χ3n) is 6.03. The number of carbonyl (C=O) groups excluding carboxylic acids is 2. The van der Waals surface area contributed by atoms with Gasteiger partial charge in [0.05, 0.1) is 30.2 Å². The van der Waals surface area contributed by atoms with Gasteiger partial charge in [0.15, 0.2) is 0 Å². The van der Waals surface area contributed by atoms with E-state index in [9.17, 15) is 9.59 Å². The van der Waals surface area contributed by atoms with Crippen LogP contribution in [0.4, 0.5) is 16.3 Å². The molecule has 0 radical (unpaired) electrons. The van der Waals surface area contributed by atoms with Gasteiger partial charge in [-0.1, -0.05) is 6.07 Å². The summed E-state index contributed by atoms with van der Waals surface area (Å²) in [4.78, 5) is 38.0. The molecule has 9 nitrogen and oxygen atoms in total. The lowest BCUT2D eigenvalue weighted by atomic mass is 9.90. The molecular weight excluding hydrogens is 420 g/mol. The number of hydrogen-bond donors (Lipinski definition) is 2. The summed E-state index contributed by atoms with van der Waals surface area (Å²) in [7, 11) is 0. The first-order valence-corrected chi connectivity index (χ1v) is 11.5. The second-order valence-corrected chi connectivity index (χ2v) is 8.90. The first-order chi connectivity index (χ1) is 15.8. The molecule has 2 aliphatic heterocycles. The Labute approximate surface area is 194 Å². The average molecular weight is 453 g/mol. The Morgan fingerprint density at radius 3 is 2.58 bits per heavy atom. The van der Waals surface area contributed by atoms with Gasteiger partial charge in [-0.25, -0.2) is 9.78 Å². The van der Waals surface area contributed by atoms with Gasteiger partial charge >= 0.3 is 6.09 Å². The van der Waals surface area contributed by atoms with E-state index in [2.05, 4.69) is 25.5 Å². The Kier molecular flexibility index (Phi) is 6.78. The number of alkyl carbamates (subject to hydrolysis) is 1. The van der Waals surface area contributed by atoms with Gasteiger partial charge in [0, 0.05) is 50.4 Å². The fourth-order valence-electron chi connectivity index (χ4n) is 4.56. The molecule has 9 heteroatoms. The van der Waals surface area contributed by atoms with E-state index in [1.165, 1.54) is 0 Å². The van der Waals surface area contributed by atoms with Crippen LogP contribution >= 0.6 is 0 Å². The number of carbonyl (C=O) groups is 2. The van der Waals surface area contributed by atoms with Gasteiger partial charge in [0.2, 0.25) is 5.91 Å². The molecule has 3 heterocycles. The van der Waals surface area contributed by atoms with Crippen molar-refractivity contribution in [1.82, 2.24) is 20.6 Å². The van der Waals surface area contributed by atoms with Crippen LogP contribution in [0.1, 0.15) is 45.7 Å². The Balaban J connectivity index is 1.64. The summed E-state index contributed by atoms with van der Waals surface area (Å²) in [5.41, 5.74) is 3.29. The largest absolute Gasteiger partial charge is 0.447 e. The molecule has 0 aliphatic carbocycles. The van der Waals surface area contributed by atoms with Crippen molar-refractivity contribution >= 4 is 23.5 Å². The van der Waals surface area contributed by atoms with Crippen molar-refractivity contribution in [2.45, 2.75) is 52.3 Å². The number of rotatable bonds is 4. The van der Waals surface area contributed by atoms with Gasteiger partial charge in [-0.05, 0) is 44.9 Å². The summed E-state index contributed by atoms with van der Waals surface area (Å²) in [6.07, 6.45) is 3.50. The molecule has 1 aromatic heterocycles. The van der Waals surface area contributed by atoms with Gasteiger partial charge in [0.1, 0.15) is 5.82 Å². The second-order valence-electron chi connectivity index (χ2n) is 8.90. The minimum atomic E-state index is -0.463. The third kappa shape index (κ3) is 5.08. The van der Waals surface area contributed by atoms with E-state index in [1.54, 1.807) is 24.2 Å². The number of amides is 2. The van der Waals surface area contributed by atoms with Crippen molar-refractivity contribution in [2.75, 3.05) is 36.0 Å². The number of nitrogens with one attached hydrogen (secondary N) is 2. The van der Waals surface area contributed by atoms with Gasteiger partial charge in [0.25, 0.3) is 0 Å². The lowest BCUT2D eigenvalue weighted by Gasteiger charge is -2.39. The highest BCUT2D eigenvalue weighted by molar-refractivity contribution is 5.94. The van der Waals surface area contributed by atoms with Crippen molar-refractivity contribution in [2.24, 2.45) is 0 Å². The first-order valence-electron chi connectivity index (χ1n) is 11.5. The Morgan fingerprint density at radius 1 is 1.18 bits per heavy atom. The molecule has 2 atom stereocenters. The van der Waals surface area contributed by atoms with Crippen LogP contribution in [0.2, 0.25) is 0 Å². The molecule has 2 N–H and O–H groups in total. The zero-order chi connectivity index (χ0) is 23.5. The zero-order valence-corrected chi connectivity index (χ0v) is 19.7. The molecular formula is C24H32N6O3. The van der Waals surface area contributed by atoms with E-state index in [0.717, 1.165) is 54.5 Å². The molecule has 2 aliphatic rings. The molecule has 1 aromatic carbocycles. The quantitative estimate of drug-likeness (QED) is 0.736. The molecule has 2 aromatic rings. The number of ether oxygens (including phenoxy) is 1. The van der Waals surface area contributed by atoms with Gasteiger partial charge in [-0.2, -0.15) is 0 Å². The number of fused-ring (bicyclic) bond motifs is 1. The van der Waals surface area contributed by atoms with Crippen LogP contribution in [0, 0.1) is 0 Å². The predicted octanol–water partition coefficient (Wildman–Crippen LogP) is 2.87. The highest BCUT2D eigenvalue weighted by Gasteiger charge is 2.34. The van der Waals surface area contributed by atoms with Crippen molar-refractivity contribution in [3.8, 4) is 11.3 Å². The van der Waals surface area contributed by atoms with E-state index in [-0.39, 0.29) is 24.1 Å². The van der Waals surface area contributed by atoms with Crippen LogP contribution in [0.5, 0.6) is 0 Å². The van der Waals surface area contributed by atoms with Gasteiger partial charge < -0.3 is 25.2 Å². The third-order valence-corrected chi connectivity index (χ3v) is 6.03. The van der Waals surface area contributed by atoms with Gasteiger partial charge in [-0.3, -0.25) is 9.78 Å². The standard InChI is InChI=1S/C24H32N6O3/c1-15(2)33-24(32)28-20-11-16(3)30(17(4)31)22-6-5-18(12-19(20)22)21-13-27-23(14-26-21)29-9-7-25-8-10-29/h5-6,12-16,20,25H,7-11H2,1-4H3,(H,28,32). The monoisotopic (exact) mass is 452 g/mol.